The molecule has 19 heavy (non-hydrogen) atoms. The number of hydrogen-bond acceptors (Lipinski definition) is 3. The van der Waals surface area contributed by atoms with Crippen LogP contribution >= 0.6 is 12.4 Å². The fourth-order valence-corrected chi connectivity index (χ4v) is 1.57. The summed E-state index contributed by atoms with van der Waals surface area (Å²) in [5.41, 5.74) is 1.45. The van der Waals surface area contributed by atoms with Gasteiger partial charge in [0.15, 0.2) is 0 Å². The predicted octanol–water partition coefficient (Wildman–Crippen LogP) is 3.22. The third-order valence-corrected chi connectivity index (χ3v) is 2.61. The molecule has 1 aromatic carbocycles. The van der Waals surface area contributed by atoms with E-state index in [1.165, 1.54) is 0 Å². The highest BCUT2D eigenvalue weighted by Crippen LogP contribution is 2.22. The van der Waals surface area contributed by atoms with Crippen LogP contribution in [0.2, 0.25) is 0 Å². The number of esters is 1. The maximum atomic E-state index is 11.6. The summed E-state index contributed by atoms with van der Waals surface area (Å²) in [6, 6.07) is 9.81. The zero-order valence-electron chi connectivity index (χ0n) is 11.8. The maximum absolute atomic E-state index is 11.6. The van der Waals surface area contributed by atoms with Crippen molar-refractivity contribution in [1.82, 2.24) is 4.90 Å². The standard InChI is InChI=1S/C15H21NO2.ClH/c1-12(2)15(17)18-14(10-11-16(3)4)13-8-6-5-7-9-13;/h5-9,14H,1,10-11H2,2-4H3;1H. The smallest absolute Gasteiger partial charge is 0.333 e. The summed E-state index contributed by atoms with van der Waals surface area (Å²) in [5, 5.41) is 0. The van der Waals surface area contributed by atoms with Gasteiger partial charge in [0.25, 0.3) is 0 Å². The molecule has 1 unspecified atom stereocenters. The fourth-order valence-electron chi connectivity index (χ4n) is 1.57. The molecule has 0 spiro atoms. The lowest BCUT2D eigenvalue weighted by molar-refractivity contribution is -0.145. The van der Waals surface area contributed by atoms with Crippen LogP contribution in [0.5, 0.6) is 0 Å². The topological polar surface area (TPSA) is 29.5 Å². The third-order valence-electron chi connectivity index (χ3n) is 2.61. The summed E-state index contributed by atoms with van der Waals surface area (Å²) >= 11 is 0. The van der Waals surface area contributed by atoms with Crippen molar-refractivity contribution in [3.63, 3.8) is 0 Å². The van der Waals surface area contributed by atoms with Gasteiger partial charge in [-0.3, -0.25) is 0 Å². The molecular formula is C15H22ClNO2. The quantitative estimate of drug-likeness (QED) is 0.593. The molecule has 0 aliphatic heterocycles. The van der Waals surface area contributed by atoms with Gasteiger partial charge in [-0.25, -0.2) is 4.79 Å². The Morgan fingerprint density at radius 1 is 1.32 bits per heavy atom. The number of carbonyl (C=O) groups is 1. The summed E-state index contributed by atoms with van der Waals surface area (Å²) in [6.45, 7) is 6.14. The van der Waals surface area contributed by atoms with E-state index in [9.17, 15) is 4.79 Å². The van der Waals surface area contributed by atoms with E-state index < -0.39 is 0 Å². The van der Waals surface area contributed by atoms with Gasteiger partial charge in [0.05, 0.1) is 0 Å². The zero-order valence-corrected chi connectivity index (χ0v) is 12.6. The largest absolute Gasteiger partial charge is 0.454 e. The summed E-state index contributed by atoms with van der Waals surface area (Å²) in [4.78, 5) is 13.7. The average Bonchev–Trinajstić information content (AvgIpc) is 2.34. The first kappa shape index (κ1) is 17.7. The lowest BCUT2D eigenvalue weighted by Gasteiger charge is -2.20. The second-order valence-corrected chi connectivity index (χ2v) is 4.68. The first-order valence-electron chi connectivity index (χ1n) is 6.07. The number of benzene rings is 1. The van der Waals surface area contributed by atoms with Crippen molar-refractivity contribution in [2.75, 3.05) is 20.6 Å². The van der Waals surface area contributed by atoms with E-state index in [1.807, 2.05) is 44.4 Å². The van der Waals surface area contributed by atoms with Crippen molar-refractivity contribution in [3.05, 3.63) is 48.0 Å². The van der Waals surface area contributed by atoms with E-state index in [4.69, 9.17) is 4.74 Å². The minimum absolute atomic E-state index is 0. The first-order valence-corrected chi connectivity index (χ1v) is 6.07. The Labute approximate surface area is 121 Å². The minimum atomic E-state index is -0.331. The van der Waals surface area contributed by atoms with Crippen LogP contribution in [0.15, 0.2) is 42.5 Å². The second kappa shape index (κ2) is 8.73. The molecule has 0 aromatic heterocycles. The minimum Gasteiger partial charge on any atom is -0.454 e. The molecule has 0 saturated heterocycles. The van der Waals surface area contributed by atoms with Gasteiger partial charge < -0.3 is 9.64 Å². The van der Waals surface area contributed by atoms with Gasteiger partial charge in [0, 0.05) is 18.5 Å². The lowest BCUT2D eigenvalue weighted by Crippen LogP contribution is -2.19. The van der Waals surface area contributed by atoms with E-state index in [2.05, 4.69) is 11.5 Å². The van der Waals surface area contributed by atoms with Crippen LogP contribution in [0.1, 0.15) is 25.0 Å². The van der Waals surface area contributed by atoms with Gasteiger partial charge in [-0.15, -0.1) is 12.4 Å². The Hall–Kier alpha value is -1.32. The molecule has 0 saturated carbocycles. The summed E-state index contributed by atoms with van der Waals surface area (Å²) in [5.74, 6) is -0.331. The van der Waals surface area contributed by atoms with Crippen LogP contribution in [0.25, 0.3) is 0 Å². The molecule has 1 rings (SSSR count). The van der Waals surface area contributed by atoms with Crippen LogP contribution in [-0.4, -0.2) is 31.5 Å². The third kappa shape index (κ3) is 6.41. The molecule has 0 aliphatic rings. The maximum Gasteiger partial charge on any atom is 0.333 e. The summed E-state index contributed by atoms with van der Waals surface area (Å²) in [7, 11) is 4.01. The van der Waals surface area contributed by atoms with Crippen molar-refractivity contribution in [2.24, 2.45) is 0 Å². The van der Waals surface area contributed by atoms with Gasteiger partial charge in [-0.05, 0) is 26.6 Å². The first-order chi connectivity index (χ1) is 8.50. The van der Waals surface area contributed by atoms with Crippen LogP contribution < -0.4 is 0 Å². The Bertz CT molecular complexity index is 404. The molecule has 1 atom stereocenters. The fraction of sp³-hybridized carbons (Fsp3) is 0.400. The summed E-state index contributed by atoms with van der Waals surface area (Å²) in [6.07, 6.45) is 0.563. The number of rotatable bonds is 6. The molecule has 0 bridgehead atoms. The van der Waals surface area contributed by atoms with E-state index in [-0.39, 0.29) is 24.5 Å². The van der Waals surface area contributed by atoms with Crippen molar-refractivity contribution in [3.8, 4) is 0 Å². The van der Waals surface area contributed by atoms with Gasteiger partial charge in [-0.2, -0.15) is 0 Å². The SMILES string of the molecule is C=C(C)C(=O)OC(CCN(C)C)c1ccccc1.Cl. The molecule has 0 aliphatic carbocycles. The molecule has 0 radical (unpaired) electrons. The van der Waals surface area contributed by atoms with E-state index >= 15 is 0 Å². The van der Waals surface area contributed by atoms with Gasteiger partial charge in [-0.1, -0.05) is 36.9 Å². The highest BCUT2D eigenvalue weighted by atomic mass is 35.5. The molecule has 1 aromatic rings. The van der Waals surface area contributed by atoms with Crippen LogP contribution in [0, 0.1) is 0 Å². The zero-order chi connectivity index (χ0) is 13.5. The van der Waals surface area contributed by atoms with Gasteiger partial charge in [0.2, 0.25) is 0 Å². The summed E-state index contributed by atoms with van der Waals surface area (Å²) < 4.78 is 5.48. The van der Waals surface area contributed by atoms with E-state index in [0.29, 0.717) is 5.57 Å². The molecule has 0 N–H and O–H groups in total. The average molecular weight is 284 g/mol. The monoisotopic (exact) mass is 283 g/mol. The molecule has 106 valence electrons. The molecule has 4 heteroatoms. The van der Waals surface area contributed by atoms with Crippen molar-refractivity contribution < 1.29 is 9.53 Å². The van der Waals surface area contributed by atoms with Crippen LogP contribution in [-0.2, 0) is 9.53 Å². The number of carbonyl (C=O) groups excluding carboxylic acids is 1. The number of halogens is 1. The molecule has 0 fully saturated rings. The van der Waals surface area contributed by atoms with Crippen molar-refractivity contribution in [1.29, 1.82) is 0 Å². The van der Waals surface area contributed by atoms with Crippen molar-refractivity contribution in [2.45, 2.75) is 19.4 Å². The highest BCUT2D eigenvalue weighted by Gasteiger charge is 2.17. The Kier molecular flexibility index (Phi) is 8.12. The van der Waals surface area contributed by atoms with Crippen LogP contribution in [0.4, 0.5) is 0 Å². The Morgan fingerprint density at radius 3 is 2.37 bits per heavy atom. The number of ether oxygens (including phenoxy) is 1. The Balaban J connectivity index is 0.00000324. The van der Waals surface area contributed by atoms with Crippen LogP contribution in [0.3, 0.4) is 0 Å². The van der Waals surface area contributed by atoms with E-state index in [0.717, 1.165) is 18.5 Å². The number of hydrogen-bond donors (Lipinski definition) is 0. The molecular weight excluding hydrogens is 262 g/mol. The van der Waals surface area contributed by atoms with Gasteiger partial charge >= 0.3 is 5.97 Å². The predicted molar refractivity (Wildman–Crippen MR) is 80.5 cm³/mol. The normalized spacial score (nSPS) is 11.6. The molecule has 3 nitrogen and oxygen atoms in total. The van der Waals surface area contributed by atoms with Gasteiger partial charge in [0.1, 0.15) is 6.10 Å². The highest BCUT2D eigenvalue weighted by molar-refractivity contribution is 5.87. The number of nitrogens with zero attached hydrogens (tertiary/aromatic N) is 1. The lowest BCUT2D eigenvalue weighted by atomic mass is 10.1. The molecule has 0 heterocycles. The Morgan fingerprint density at radius 2 is 1.89 bits per heavy atom. The van der Waals surface area contributed by atoms with Crippen molar-refractivity contribution >= 4 is 18.4 Å². The van der Waals surface area contributed by atoms with E-state index in [1.54, 1.807) is 6.92 Å². The molecule has 0 amide bonds. The second-order valence-electron chi connectivity index (χ2n) is 4.68.